The fourth-order valence-electron chi connectivity index (χ4n) is 3.68. The molecule has 5 rings (SSSR count). The minimum atomic E-state index is 0.0952. The van der Waals surface area contributed by atoms with Crippen LogP contribution in [0.25, 0.3) is 21.1 Å². The van der Waals surface area contributed by atoms with E-state index in [2.05, 4.69) is 23.1 Å². The van der Waals surface area contributed by atoms with E-state index in [0.29, 0.717) is 13.1 Å². The van der Waals surface area contributed by atoms with Crippen molar-refractivity contribution in [1.29, 1.82) is 0 Å². The number of aromatic nitrogens is 1. The van der Waals surface area contributed by atoms with Gasteiger partial charge in [-0.15, -0.1) is 11.3 Å². The molecule has 1 amide bonds. The number of fused-ring (bicyclic) bond motifs is 2. The van der Waals surface area contributed by atoms with E-state index in [1.807, 2.05) is 47.4 Å². The second-order valence-electron chi connectivity index (χ2n) is 6.95. The second-order valence-corrected chi connectivity index (χ2v) is 8.41. The Bertz CT molecular complexity index is 1130. The van der Waals surface area contributed by atoms with Crippen LogP contribution in [0.3, 0.4) is 0 Å². The molecule has 0 aliphatic carbocycles. The van der Waals surface area contributed by atoms with Crippen LogP contribution in [0.5, 0.6) is 0 Å². The van der Waals surface area contributed by atoms with E-state index in [1.165, 1.54) is 11.3 Å². The first kappa shape index (κ1) is 17.5. The topological polar surface area (TPSA) is 36.4 Å². The molecule has 140 valence electrons. The molecule has 1 fully saturated rings. The van der Waals surface area contributed by atoms with Gasteiger partial charge in [-0.2, -0.15) is 0 Å². The lowest BCUT2D eigenvalue weighted by atomic mass is 10.2. The van der Waals surface area contributed by atoms with Crippen molar-refractivity contribution < 1.29 is 4.79 Å². The standard InChI is InChI=1S/C22H18ClN3OS/c23-17-5-3-6-18(14-17)25-8-10-26(11-9-25)22(27)20-13-16-12-15-4-1-2-7-19(15)24-21(16)28-20/h1-7,12-14H,8-11H2. The van der Waals surface area contributed by atoms with E-state index >= 15 is 0 Å². The van der Waals surface area contributed by atoms with Crippen molar-refractivity contribution in [2.24, 2.45) is 0 Å². The molecule has 0 radical (unpaired) electrons. The summed E-state index contributed by atoms with van der Waals surface area (Å²) in [5.74, 6) is 0.0952. The Kier molecular flexibility index (Phi) is 4.41. The van der Waals surface area contributed by atoms with Gasteiger partial charge in [0.25, 0.3) is 5.91 Å². The normalized spacial score (nSPS) is 14.8. The number of halogens is 1. The third-order valence-electron chi connectivity index (χ3n) is 5.16. The van der Waals surface area contributed by atoms with Gasteiger partial charge >= 0.3 is 0 Å². The van der Waals surface area contributed by atoms with Gasteiger partial charge in [-0.05, 0) is 36.4 Å². The molecule has 28 heavy (non-hydrogen) atoms. The van der Waals surface area contributed by atoms with E-state index in [0.717, 1.165) is 49.8 Å². The number of para-hydroxylation sites is 1. The average Bonchev–Trinajstić information content (AvgIpc) is 3.14. The smallest absolute Gasteiger partial charge is 0.264 e. The maximum absolute atomic E-state index is 13.0. The first-order valence-electron chi connectivity index (χ1n) is 9.26. The summed E-state index contributed by atoms with van der Waals surface area (Å²) in [7, 11) is 0. The molecule has 0 N–H and O–H groups in total. The summed E-state index contributed by atoms with van der Waals surface area (Å²) >= 11 is 7.58. The van der Waals surface area contributed by atoms with Crippen LogP contribution in [0, 0.1) is 0 Å². The molecule has 1 aliphatic heterocycles. The summed E-state index contributed by atoms with van der Waals surface area (Å²) in [4.78, 5) is 23.6. The number of nitrogens with zero attached hydrogens (tertiary/aromatic N) is 3. The van der Waals surface area contributed by atoms with Crippen molar-refractivity contribution in [1.82, 2.24) is 9.88 Å². The molecular formula is C22H18ClN3OS. The summed E-state index contributed by atoms with van der Waals surface area (Å²) in [6.45, 7) is 3.02. The number of anilines is 1. The molecule has 4 nitrogen and oxygen atoms in total. The molecule has 1 saturated heterocycles. The minimum absolute atomic E-state index is 0.0952. The van der Waals surface area contributed by atoms with E-state index in [9.17, 15) is 4.79 Å². The van der Waals surface area contributed by atoms with Crippen LogP contribution in [0.2, 0.25) is 5.02 Å². The van der Waals surface area contributed by atoms with Crippen LogP contribution in [0.15, 0.2) is 60.7 Å². The highest BCUT2D eigenvalue weighted by molar-refractivity contribution is 7.20. The van der Waals surface area contributed by atoms with Gasteiger partial charge in [0.2, 0.25) is 0 Å². The molecule has 0 unspecified atom stereocenters. The van der Waals surface area contributed by atoms with Crippen LogP contribution in [-0.4, -0.2) is 42.0 Å². The van der Waals surface area contributed by atoms with E-state index in [4.69, 9.17) is 16.6 Å². The number of pyridine rings is 1. The lowest BCUT2D eigenvalue weighted by Gasteiger charge is -2.36. The van der Waals surface area contributed by atoms with Crippen molar-refractivity contribution in [3.8, 4) is 0 Å². The lowest BCUT2D eigenvalue weighted by molar-refractivity contribution is 0.0751. The van der Waals surface area contributed by atoms with Gasteiger partial charge in [-0.3, -0.25) is 4.79 Å². The van der Waals surface area contributed by atoms with Gasteiger partial charge < -0.3 is 9.80 Å². The highest BCUT2D eigenvalue weighted by Crippen LogP contribution is 2.29. The largest absolute Gasteiger partial charge is 0.368 e. The first-order valence-corrected chi connectivity index (χ1v) is 10.5. The number of benzene rings is 2. The van der Waals surface area contributed by atoms with Gasteiger partial charge in [0.15, 0.2) is 0 Å². The Hall–Kier alpha value is -2.63. The Morgan fingerprint density at radius 1 is 0.929 bits per heavy atom. The van der Waals surface area contributed by atoms with Crippen LogP contribution in [-0.2, 0) is 0 Å². The molecule has 6 heteroatoms. The van der Waals surface area contributed by atoms with Gasteiger partial charge in [0.1, 0.15) is 4.83 Å². The van der Waals surface area contributed by atoms with Crippen molar-refractivity contribution in [2.45, 2.75) is 0 Å². The predicted molar refractivity (Wildman–Crippen MR) is 117 cm³/mol. The summed E-state index contributed by atoms with van der Waals surface area (Å²) in [5, 5.41) is 2.87. The summed E-state index contributed by atoms with van der Waals surface area (Å²) in [5.41, 5.74) is 2.07. The number of rotatable bonds is 2. The highest BCUT2D eigenvalue weighted by atomic mass is 35.5. The Morgan fingerprint density at radius 2 is 1.75 bits per heavy atom. The van der Waals surface area contributed by atoms with Crippen LogP contribution in [0.4, 0.5) is 5.69 Å². The molecule has 0 bridgehead atoms. The van der Waals surface area contributed by atoms with Crippen LogP contribution >= 0.6 is 22.9 Å². The average molecular weight is 408 g/mol. The Morgan fingerprint density at radius 3 is 2.57 bits per heavy atom. The molecule has 0 atom stereocenters. The maximum Gasteiger partial charge on any atom is 0.264 e. The van der Waals surface area contributed by atoms with Crippen molar-refractivity contribution >= 4 is 55.7 Å². The monoisotopic (exact) mass is 407 g/mol. The zero-order valence-electron chi connectivity index (χ0n) is 15.1. The van der Waals surface area contributed by atoms with E-state index in [-0.39, 0.29) is 5.91 Å². The van der Waals surface area contributed by atoms with E-state index in [1.54, 1.807) is 0 Å². The van der Waals surface area contributed by atoms with Gasteiger partial charge in [0, 0.05) is 47.7 Å². The predicted octanol–water partition coefficient (Wildman–Crippen LogP) is 5.07. The number of hydrogen-bond donors (Lipinski definition) is 0. The highest BCUT2D eigenvalue weighted by Gasteiger charge is 2.24. The summed E-state index contributed by atoms with van der Waals surface area (Å²) in [6, 6.07) is 20.0. The van der Waals surface area contributed by atoms with Gasteiger partial charge in [-0.1, -0.05) is 35.9 Å². The van der Waals surface area contributed by atoms with Crippen molar-refractivity contribution in [2.75, 3.05) is 31.1 Å². The molecule has 0 spiro atoms. The fraction of sp³-hybridized carbons (Fsp3) is 0.182. The number of carbonyl (C=O) groups is 1. The second kappa shape index (κ2) is 7.08. The molecule has 3 heterocycles. The molecular weight excluding hydrogens is 390 g/mol. The third-order valence-corrected chi connectivity index (χ3v) is 6.43. The molecule has 2 aromatic carbocycles. The Balaban J connectivity index is 1.34. The minimum Gasteiger partial charge on any atom is -0.368 e. The quantitative estimate of drug-likeness (QED) is 0.465. The SMILES string of the molecule is O=C(c1cc2cc3ccccc3nc2s1)N1CCN(c2cccc(Cl)c2)CC1. The van der Waals surface area contributed by atoms with Crippen LogP contribution in [0.1, 0.15) is 9.67 Å². The number of amides is 1. The number of thiophene rings is 1. The zero-order valence-corrected chi connectivity index (χ0v) is 16.7. The third kappa shape index (κ3) is 3.21. The molecule has 0 saturated carbocycles. The lowest BCUT2D eigenvalue weighted by Crippen LogP contribution is -2.48. The van der Waals surface area contributed by atoms with Crippen molar-refractivity contribution in [3.05, 3.63) is 70.6 Å². The number of piperazine rings is 1. The van der Waals surface area contributed by atoms with E-state index < -0.39 is 0 Å². The van der Waals surface area contributed by atoms with Gasteiger partial charge in [-0.25, -0.2) is 4.98 Å². The molecule has 4 aromatic rings. The van der Waals surface area contributed by atoms with Gasteiger partial charge in [0.05, 0.1) is 10.4 Å². The first-order chi connectivity index (χ1) is 13.7. The van der Waals surface area contributed by atoms with Crippen molar-refractivity contribution in [3.63, 3.8) is 0 Å². The number of carbonyl (C=O) groups excluding carboxylic acids is 1. The summed E-state index contributed by atoms with van der Waals surface area (Å²) in [6.07, 6.45) is 0. The Labute approximate surface area is 172 Å². The molecule has 1 aliphatic rings. The maximum atomic E-state index is 13.0. The number of hydrogen-bond acceptors (Lipinski definition) is 4. The molecule has 2 aromatic heterocycles. The summed E-state index contributed by atoms with van der Waals surface area (Å²) < 4.78 is 0. The zero-order chi connectivity index (χ0) is 19.1. The fourth-order valence-corrected chi connectivity index (χ4v) is 4.85. The van der Waals surface area contributed by atoms with Crippen LogP contribution < -0.4 is 4.90 Å².